The van der Waals surface area contributed by atoms with Gasteiger partial charge in [0.25, 0.3) is 0 Å². The number of halogens is 4. The van der Waals surface area contributed by atoms with Crippen molar-refractivity contribution >= 4 is 33.2 Å². The molecule has 0 bridgehead atoms. The lowest BCUT2D eigenvalue weighted by Gasteiger charge is -2.09. The molecule has 0 heterocycles. The number of hydrazone groups is 1. The molecule has 10 heteroatoms. The Kier molecular flexibility index (Phi) is 5.33. The number of nitrogens with two attached hydrogens (primary N) is 1. The van der Waals surface area contributed by atoms with E-state index in [1.807, 2.05) is 0 Å². The molecule has 0 aliphatic carbocycles. The van der Waals surface area contributed by atoms with Crippen LogP contribution in [-0.4, -0.2) is 18.2 Å². The van der Waals surface area contributed by atoms with Gasteiger partial charge in [-0.15, -0.1) is 0 Å². The quantitative estimate of drug-likeness (QED) is 0.431. The summed E-state index contributed by atoms with van der Waals surface area (Å²) in [7, 11) is 0. The highest BCUT2D eigenvalue weighted by atomic mass is 79.9. The van der Waals surface area contributed by atoms with E-state index in [-0.39, 0.29) is 15.9 Å². The van der Waals surface area contributed by atoms with E-state index in [4.69, 9.17) is 16.4 Å². The first-order valence-corrected chi connectivity index (χ1v) is 5.66. The summed E-state index contributed by atoms with van der Waals surface area (Å²) in [4.78, 5) is 0. The highest BCUT2D eigenvalue weighted by molar-refractivity contribution is 9.10. The van der Waals surface area contributed by atoms with Gasteiger partial charge in [0.1, 0.15) is 11.8 Å². The van der Waals surface area contributed by atoms with Crippen molar-refractivity contribution in [3.8, 4) is 11.8 Å². The first kappa shape index (κ1) is 15.8. The molecule has 0 aliphatic rings. The van der Waals surface area contributed by atoms with Crippen LogP contribution in [0.5, 0.6) is 5.75 Å². The minimum Gasteiger partial charge on any atom is -0.434 e. The second-order valence-corrected chi connectivity index (χ2v) is 4.09. The summed E-state index contributed by atoms with van der Waals surface area (Å²) < 4.78 is 41.8. The maximum absolute atomic E-state index is 13.6. The molecule has 0 atom stereocenters. The van der Waals surface area contributed by atoms with Crippen molar-refractivity contribution in [3.63, 3.8) is 0 Å². The summed E-state index contributed by atoms with van der Waals surface area (Å²) in [5, 5.41) is 19.0. The van der Waals surface area contributed by atoms with E-state index in [0.29, 0.717) is 6.07 Å². The molecular formula is C10H7BrF3N5O. The van der Waals surface area contributed by atoms with Crippen molar-refractivity contribution in [3.05, 3.63) is 22.4 Å². The smallest absolute Gasteiger partial charge is 0.387 e. The van der Waals surface area contributed by atoms with Crippen LogP contribution in [0.4, 0.5) is 18.9 Å². The number of nitrogens with zero attached hydrogens (tertiary/aromatic N) is 2. The zero-order valence-electron chi connectivity index (χ0n) is 9.62. The van der Waals surface area contributed by atoms with Crippen molar-refractivity contribution in [2.45, 2.75) is 6.61 Å². The predicted octanol–water partition coefficient (Wildman–Crippen LogP) is 2.42. The summed E-state index contributed by atoms with van der Waals surface area (Å²) in [5.74, 6) is -1.93. The molecule has 0 aromatic heterocycles. The van der Waals surface area contributed by atoms with E-state index in [1.165, 1.54) is 6.07 Å². The van der Waals surface area contributed by atoms with Gasteiger partial charge in [0.2, 0.25) is 5.71 Å². The molecular weight excluding hydrogens is 343 g/mol. The van der Waals surface area contributed by atoms with Crippen molar-refractivity contribution in [1.82, 2.24) is 0 Å². The number of alkyl halides is 2. The molecule has 1 aromatic carbocycles. The van der Waals surface area contributed by atoms with Gasteiger partial charge in [0, 0.05) is 6.07 Å². The molecule has 6 nitrogen and oxygen atoms in total. The summed E-state index contributed by atoms with van der Waals surface area (Å²) in [6.45, 7) is -3.09. The fraction of sp³-hybridized carbons (Fsp3) is 0.100. The van der Waals surface area contributed by atoms with Gasteiger partial charge in [-0.2, -0.15) is 19.1 Å². The molecule has 4 N–H and O–H groups in total. The van der Waals surface area contributed by atoms with Crippen LogP contribution in [0.1, 0.15) is 0 Å². The van der Waals surface area contributed by atoms with Crippen LogP contribution < -0.4 is 15.9 Å². The summed E-state index contributed by atoms with van der Waals surface area (Å²) in [6, 6.07) is 3.33. The lowest BCUT2D eigenvalue weighted by Crippen LogP contribution is -2.22. The van der Waals surface area contributed by atoms with Gasteiger partial charge >= 0.3 is 6.61 Å². The SMILES string of the molecule is N#C/C(=N\Nc1cc(Br)c(OC(F)F)cc1F)C(=N)N. The molecule has 0 amide bonds. The first-order valence-electron chi connectivity index (χ1n) is 4.87. The molecule has 1 aromatic rings. The number of benzene rings is 1. The van der Waals surface area contributed by atoms with Gasteiger partial charge in [-0.1, -0.05) is 0 Å². The second-order valence-electron chi connectivity index (χ2n) is 3.24. The highest BCUT2D eigenvalue weighted by Gasteiger charge is 2.13. The molecule has 0 fully saturated rings. The summed E-state index contributed by atoms with van der Waals surface area (Å²) in [6.07, 6.45) is 0. The van der Waals surface area contributed by atoms with E-state index in [9.17, 15) is 13.2 Å². The number of hydrogen-bond acceptors (Lipinski definition) is 5. The number of ether oxygens (including phenoxy) is 1. The van der Waals surface area contributed by atoms with Crippen LogP contribution in [-0.2, 0) is 0 Å². The molecule has 1 rings (SSSR count). The number of hydrogen-bond donors (Lipinski definition) is 3. The fourth-order valence-corrected chi connectivity index (χ4v) is 1.50. The van der Waals surface area contributed by atoms with Crippen LogP contribution in [0, 0.1) is 22.6 Å². The van der Waals surface area contributed by atoms with Crippen molar-refractivity contribution in [2.75, 3.05) is 5.43 Å². The van der Waals surface area contributed by atoms with Crippen LogP contribution in [0.3, 0.4) is 0 Å². The third-order valence-electron chi connectivity index (χ3n) is 1.89. The van der Waals surface area contributed by atoms with Crippen LogP contribution >= 0.6 is 15.9 Å². The van der Waals surface area contributed by atoms with Gasteiger partial charge in [-0.25, -0.2) is 4.39 Å². The maximum atomic E-state index is 13.6. The minimum absolute atomic E-state index is 0.0539. The number of anilines is 1. The Morgan fingerprint density at radius 3 is 2.70 bits per heavy atom. The van der Waals surface area contributed by atoms with Crippen LogP contribution in [0.25, 0.3) is 0 Å². The molecule has 0 aliphatic heterocycles. The van der Waals surface area contributed by atoms with E-state index < -0.39 is 24.0 Å². The average Bonchev–Trinajstić information content (AvgIpc) is 2.34. The van der Waals surface area contributed by atoms with E-state index in [2.05, 4.69) is 31.2 Å². The summed E-state index contributed by atoms with van der Waals surface area (Å²) >= 11 is 2.92. The maximum Gasteiger partial charge on any atom is 0.387 e. The fourth-order valence-electron chi connectivity index (χ4n) is 1.06. The topological polar surface area (TPSA) is 107 Å². The van der Waals surface area contributed by atoms with Crippen molar-refractivity contribution < 1.29 is 17.9 Å². The highest BCUT2D eigenvalue weighted by Crippen LogP contribution is 2.31. The Bertz CT molecular complexity index is 599. The van der Waals surface area contributed by atoms with Crippen molar-refractivity contribution in [2.24, 2.45) is 10.8 Å². The Morgan fingerprint density at radius 2 is 2.20 bits per heavy atom. The van der Waals surface area contributed by atoms with Gasteiger partial charge < -0.3 is 10.5 Å². The van der Waals surface area contributed by atoms with Crippen LogP contribution in [0.15, 0.2) is 21.7 Å². The monoisotopic (exact) mass is 349 g/mol. The van der Waals surface area contributed by atoms with Crippen molar-refractivity contribution in [1.29, 1.82) is 10.7 Å². The molecule has 106 valence electrons. The zero-order valence-corrected chi connectivity index (χ0v) is 11.2. The first-order chi connectivity index (χ1) is 9.35. The number of amidine groups is 1. The molecule has 0 saturated carbocycles. The molecule has 0 saturated heterocycles. The standard InChI is InChI=1S/C10H7BrF3N5O/c11-4-1-6(18-19-7(3-15)9(16)17)5(12)2-8(4)20-10(13)14/h1-2,10,18H,(H3,16,17)/b19-7+. The molecule has 0 radical (unpaired) electrons. The normalized spacial score (nSPS) is 11.1. The van der Waals surface area contributed by atoms with Gasteiger partial charge in [-0.05, 0) is 22.0 Å². The molecule has 0 spiro atoms. The van der Waals surface area contributed by atoms with E-state index in [0.717, 1.165) is 6.07 Å². The molecule has 0 unspecified atom stereocenters. The largest absolute Gasteiger partial charge is 0.434 e. The molecule has 20 heavy (non-hydrogen) atoms. The summed E-state index contributed by atoms with van der Waals surface area (Å²) in [5.41, 5.74) is 6.54. The van der Waals surface area contributed by atoms with Gasteiger partial charge in [0.15, 0.2) is 11.7 Å². The van der Waals surface area contributed by atoms with Gasteiger partial charge in [0.05, 0.1) is 10.2 Å². The third kappa shape index (κ3) is 4.13. The van der Waals surface area contributed by atoms with E-state index in [1.54, 1.807) is 0 Å². The Labute approximate surface area is 119 Å². The third-order valence-corrected chi connectivity index (χ3v) is 2.51. The van der Waals surface area contributed by atoms with Gasteiger partial charge in [-0.3, -0.25) is 10.8 Å². The minimum atomic E-state index is -3.09. The zero-order chi connectivity index (χ0) is 15.3. The Morgan fingerprint density at radius 1 is 1.55 bits per heavy atom. The lowest BCUT2D eigenvalue weighted by molar-refractivity contribution is -0.0504. The average molecular weight is 350 g/mol. The predicted molar refractivity (Wildman–Crippen MR) is 69.3 cm³/mol. The van der Waals surface area contributed by atoms with E-state index >= 15 is 0 Å². The Balaban J connectivity index is 3.02. The number of nitrogens with one attached hydrogen (secondary N) is 2. The number of nitriles is 1. The lowest BCUT2D eigenvalue weighted by atomic mass is 10.3. The number of rotatable bonds is 5. The second kappa shape index (κ2) is 6.76. The Hall–Kier alpha value is -2.28. The van der Waals surface area contributed by atoms with Crippen LogP contribution in [0.2, 0.25) is 0 Å².